The summed E-state index contributed by atoms with van der Waals surface area (Å²) in [4.78, 5) is -0.511. The topological polar surface area (TPSA) is 72.2 Å². The van der Waals surface area contributed by atoms with Gasteiger partial charge < -0.3 is 5.73 Å². The van der Waals surface area contributed by atoms with Crippen molar-refractivity contribution in [2.24, 2.45) is 0 Å². The number of benzene rings is 2. The van der Waals surface area contributed by atoms with Gasteiger partial charge in [0.1, 0.15) is 4.90 Å². The minimum Gasteiger partial charge on any atom is -0.399 e. The van der Waals surface area contributed by atoms with Gasteiger partial charge in [0.15, 0.2) is 5.82 Å². The fourth-order valence-electron chi connectivity index (χ4n) is 1.70. The number of hydrogen-bond donors (Lipinski definition) is 2. The number of sulfonamides is 1. The van der Waals surface area contributed by atoms with Crippen molar-refractivity contribution in [3.05, 3.63) is 50.7 Å². The van der Waals surface area contributed by atoms with Crippen LogP contribution in [-0.4, -0.2) is 8.42 Å². The second kappa shape index (κ2) is 5.94. The molecular formula is C13H11Br2FN2O2S. The summed E-state index contributed by atoms with van der Waals surface area (Å²) in [6.07, 6.45) is 0. The molecule has 0 aliphatic rings. The lowest BCUT2D eigenvalue weighted by molar-refractivity contribution is 0.567. The Balaban J connectivity index is 2.51. The van der Waals surface area contributed by atoms with Crippen LogP contribution in [0.15, 0.2) is 44.2 Å². The highest BCUT2D eigenvalue weighted by molar-refractivity contribution is 9.10. The van der Waals surface area contributed by atoms with Crippen LogP contribution in [0, 0.1) is 12.7 Å². The van der Waals surface area contributed by atoms with E-state index in [-0.39, 0.29) is 10.2 Å². The summed E-state index contributed by atoms with van der Waals surface area (Å²) in [7, 11) is -4.09. The molecule has 21 heavy (non-hydrogen) atoms. The van der Waals surface area contributed by atoms with Gasteiger partial charge in [-0.05, 0) is 68.6 Å². The number of aryl methyl sites for hydroxylation is 1. The van der Waals surface area contributed by atoms with Crippen LogP contribution in [0.25, 0.3) is 0 Å². The predicted molar refractivity (Wildman–Crippen MR) is 88.2 cm³/mol. The monoisotopic (exact) mass is 436 g/mol. The minimum absolute atomic E-state index is 0.00816. The summed E-state index contributed by atoms with van der Waals surface area (Å²) < 4.78 is 41.6. The average Bonchev–Trinajstić information content (AvgIpc) is 2.37. The Morgan fingerprint density at radius 1 is 1.14 bits per heavy atom. The first kappa shape index (κ1) is 16.3. The van der Waals surface area contributed by atoms with Crippen molar-refractivity contribution >= 4 is 53.3 Å². The number of nitrogens with one attached hydrogen (secondary N) is 1. The van der Waals surface area contributed by atoms with E-state index in [1.807, 2.05) is 13.0 Å². The smallest absolute Gasteiger partial charge is 0.264 e. The van der Waals surface area contributed by atoms with Crippen molar-refractivity contribution in [3.8, 4) is 0 Å². The highest BCUT2D eigenvalue weighted by atomic mass is 79.9. The molecule has 0 spiro atoms. The Labute approximate surface area is 138 Å². The maximum Gasteiger partial charge on any atom is 0.264 e. The number of nitrogen functional groups attached to an aromatic ring is 1. The maximum absolute atomic E-state index is 14.0. The quantitative estimate of drug-likeness (QED) is 0.711. The minimum atomic E-state index is -4.09. The third kappa shape index (κ3) is 3.56. The van der Waals surface area contributed by atoms with Gasteiger partial charge in [0.05, 0.1) is 10.2 Å². The molecular weight excluding hydrogens is 427 g/mol. The highest BCUT2D eigenvalue weighted by Gasteiger charge is 2.22. The molecule has 0 atom stereocenters. The number of nitrogens with two attached hydrogens (primary N) is 1. The van der Waals surface area contributed by atoms with Gasteiger partial charge in [-0.15, -0.1) is 0 Å². The van der Waals surface area contributed by atoms with E-state index in [0.29, 0.717) is 10.2 Å². The third-order valence-electron chi connectivity index (χ3n) is 2.67. The number of rotatable bonds is 3. The SMILES string of the molecule is Cc1ccc(Br)c(NS(=O)(=O)c2cc(N)cc(Br)c2F)c1. The van der Waals surface area contributed by atoms with Crippen molar-refractivity contribution in [1.29, 1.82) is 0 Å². The van der Waals surface area contributed by atoms with E-state index in [1.54, 1.807) is 12.1 Å². The normalized spacial score (nSPS) is 11.4. The molecule has 3 N–H and O–H groups in total. The molecule has 0 amide bonds. The highest BCUT2D eigenvalue weighted by Crippen LogP contribution is 2.30. The fourth-order valence-corrected chi connectivity index (χ4v) is 3.99. The van der Waals surface area contributed by atoms with E-state index in [1.165, 1.54) is 6.07 Å². The van der Waals surface area contributed by atoms with Crippen molar-refractivity contribution < 1.29 is 12.8 Å². The molecule has 0 radical (unpaired) electrons. The van der Waals surface area contributed by atoms with E-state index in [9.17, 15) is 12.8 Å². The Kier molecular flexibility index (Phi) is 4.60. The molecule has 0 unspecified atom stereocenters. The molecule has 2 aromatic carbocycles. The number of hydrogen-bond acceptors (Lipinski definition) is 3. The van der Waals surface area contributed by atoms with Crippen LogP contribution >= 0.6 is 31.9 Å². The van der Waals surface area contributed by atoms with E-state index in [0.717, 1.165) is 11.6 Å². The van der Waals surface area contributed by atoms with Crippen molar-refractivity contribution in [2.45, 2.75) is 11.8 Å². The lowest BCUT2D eigenvalue weighted by Gasteiger charge is -2.12. The molecule has 0 saturated carbocycles. The molecule has 112 valence electrons. The second-order valence-electron chi connectivity index (χ2n) is 4.40. The van der Waals surface area contributed by atoms with Crippen LogP contribution < -0.4 is 10.5 Å². The lowest BCUT2D eigenvalue weighted by atomic mass is 10.2. The van der Waals surface area contributed by atoms with Crippen LogP contribution in [-0.2, 0) is 10.0 Å². The molecule has 0 heterocycles. The van der Waals surface area contributed by atoms with Crippen molar-refractivity contribution in [3.63, 3.8) is 0 Å². The Hall–Kier alpha value is -1.12. The zero-order valence-electron chi connectivity index (χ0n) is 10.8. The van der Waals surface area contributed by atoms with E-state index >= 15 is 0 Å². The van der Waals surface area contributed by atoms with E-state index < -0.39 is 20.7 Å². The van der Waals surface area contributed by atoms with Crippen molar-refractivity contribution in [1.82, 2.24) is 0 Å². The standard InChI is InChI=1S/C13H11Br2FN2O2S/c1-7-2-3-9(14)11(4-7)18-21(19,20)12-6-8(17)5-10(15)13(12)16/h2-6,18H,17H2,1H3. The first-order chi connectivity index (χ1) is 9.70. The number of anilines is 2. The zero-order chi connectivity index (χ0) is 15.8. The third-order valence-corrected chi connectivity index (χ3v) is 5.31. The van der Waals surface area contributed by atoms with Crippen LogP contribution in [0.3, 0.4) is 0 Å². The van der Waals surface area contributed by atoms with Gasteiger partial charge in [0.2, 0.25) is 0 Å². The van der Waals surface area contributed by atoms with Gasteiger partial charge in [-0.1, -0.05) is 6.07 Å². The predicted octanol–water partition coefficient (Wildman–Crippen LogP) is 4.04. The summed E-state index contributed by atoms with van der Waals surface area (Å²) >= 11 is 6.19. The molecule has 0 aliphatic heterocycles. The fraction of sp³-hybridized carbons (Fsp3) is 0.0769. The van der Waals surface area contributed by atoms with Crippen LogP contribution in [0.4, 0.5) is 15.8 Å². The molecule has 2 rings (SSSR count). The van der Waals surface area contributed by atoms with Crippen LogP contribution in [0.2, 0.25) is 0 Å². The first-order valence-electron chi connectivity index (χ1n) is 5.74. The Bertz CT molecular complexity index is 810. The molecule has 0 bridgehead atoms. The summed E-state index contributed by atoms with van der Waals surface area (Å²) in [5.41, 5.74) is 6.91. The van der Waals surface area contributed by atoms with Gasteiger partial charge >= 0.3 is 0 Å². The first-order valence-corrected chi connectivity index (χ1v) is 8.81. The van der Waals surface area contributed by atoms with E-state index in [2.05, 4.69) is 36.6 Å². The van der Waals surface area contributed by atoms with Gasteiger partial charge in [0, 0.05) is 10.2 Å². The largest absolute Gasteiger partial charge is 0.399 e. The Morgan fingerprint density at radius 3 is 2.48 bits per heavy atom. The van der Waals surface area contributed by atoms with Gasteiger partial charge in [0.25, 0.3) is 10.0 Å². The lowest BCUT2D eigenvalue weighted by Crippen LogP contribution is -2.15. The molecule has 8 heteroatoms. The molecule has 0 aliphatic carbocycles. The van der Waals surface area contributed by atoms with Gasteiger partial charge in [-0.2, -0.15) is 0 Å². The average molecular weight is 438 g/mol. The molecule has 0 saturated heterocycles. The van der Waals surface area contributed by atoms with Crippen LogP contribution in [0.1, 0.15) is 5.56 Å². The van der Waals surface area contributed by atoms with Crippen LogP contribution in [0.5, 0.6) is 0 Å². The zero-order valence-corrected chi connectivity index (χ0v) is 14.8. The van der Waals surface area contributed by atoms with Crippen molar-refractivity contribution in [2.75, 3.05) is 10.5 Å². The molecule has 4 nitrogen and oxygen atoms in total. The summed E-state index contributed by atoms with van der Waals surface area (Å²) in [5.74, 6) is -0.888. The van der Waals surface area contributed by atoms with Gasteiger partial charge in [-0.3, -0.25) is 4.72 Å². The van der Waals surface area contributed by atoms with E-state index in [4.69, 9.17) is 5.73 Å². The molecule has 0 aromatic heterocycles. The number of halogens is 3. The summed E-state index contributed by atoms with van der Waals surface area (Å²) in [6.45, 7) is 1.82. The summed E-state index contributed by atoms with van der Waals surface area (Å²) in [6, 6.07) is 7.54. The Morgan fingerprint density at radius 2 is 1.81 bits per heavy atom. The second-order valence-corrected chi connectivity index (χ2v) is 7.76. The summed E-state index contributed by atoms with van der Waals surface area (Å²) in [5, 5.41) is 0. The van der Waals surface area contributed by atoms with Gasteiger partial charge in [-0.25, -0.2) is 12.8 Å². The maximum atomic E-state index is 14.0. The molecule has 0 fully saturated rings. The molecule has 2 aromatic rings.